The van der Waals surface area contributed by atoms with Crippen molar-refractivity contribution in [3.8, 4) is 0 Å². The molecule has 0 fully saturated rings. The third-order valence-electron chi connectivity index (χ3n) is 6.49. The summed E-state index contributed by atoms with van der Waals surface area (Å²) >= 11 is 1.66. The van der Waals surface area contributed by atoms with Crippen LogP contribution in [0.2, 0.25) is 0 Å². The molecule has 1 aromatic heterocycles. The molecule has 0 aromatic carbocycles. The number of thiophene rings is 1. The SMILES string of the molecule is C=C(C)C(=O)Nc1sc2c(c1C(=C)C)CC(CN1C(=C)C3=C(CCCC3)C1=O)CC2.CC.CC. The van der Waals surface area contributed by atoms with E-state index in [1.807, 2.05) is 39.5 Å². The smallest absolute Gasteiger partial charge is 0.254 e. The number of fused-ring (bicyclic) bond motifs is 1. The Morgan fingerprint density at radius 2 is 1.68 bits per heavy atom. The Morgan fingerprint density at radius 1 is 1.06 bits per heavy atom. The van der Waals surface area contributed by atoms with Crippen LogP contribution in [0, 0.1) is 5.92 Å². The molecule has 5 heteroatoms. The first-order valence-corrected chi connectivity index (χ1v) is 13.6. The fraction of sp³-hybridized carbons (Fsp3) is 0.517. The first kappa shape index (κ1) is 27.8. The largest absolute Gasteiger partial charge is 0.313 e. The molecule has 1 N–H and O–H groups in total. The Balaban J connectivity index is 0.000000970. The number of aryl methyl sites for hydroxylation is 1. The van der Waals surface area contributed by atoms with E-state index in [-0.39, 0.29) is 11.8 Å². The fourth-order valence-electron chi connectivity index (χ4n) is 4.92. The summed E-state index contributed by atoms with van der Waals surface area (Å²) < 4.78 is 0. The number of nitrogens with one attached hydrogen (secondary N) is 1. The molecular formula is C29H42N2O2S. The van der Waals surface area contributed by atoms with Crippen molar-refractivity contribution in [2.75, 3.05) is 11.9 Å². The van der Waals surface area contributed by atoms with Crippen molar-refractivity contribution in [1.29, 1.82) is 0 Å². The maximum atomic E-state index is 13.0. The van der Waals surface area contributed by atoms with Crippen LogP contribution in [0.1, 0.15) is 89.7 Å². The third-order valence-corrected chi connectivity index (χ3v) is 7.70. The number of hydrogen-bond acceptors (Lipinski definition) is 3. The zero-order valence-corrected chi connectivity index (χ0v) is 22.8. The summed E-state index contributed by atoms with van der Waals surface area (Å²) in [5.74, 6) is 0.417. The minimum atomic E-state index is -0.150. The molecule has 1 atom stereocenters. The van der Waals surface area contributed by atoms with Crippen molar-refractivity contribution in [3.05, 3.63) is 58.2 Å². The molecule has 2 aliphatic carbocycles. The van der Waals surface area contributed by atoms with Gasteiger partial charge in [0.2, 0.25) is 0 Å². The number of hydrogen-bond donors (Lipinski definition) is 1. The summed E-state index contributed by atoms with van der Waals surface area (Å²) in [5, 5.41) is 3.89. The van der Waals surface area contributed by atoms with Gasteiger partial charge in [-0.3, -0.25) is 9.59 Å². The summed E-state index contributed by atoms with van der Waals surface area (Å²) in [7, 11) is 0. The molecule has 1 unspecified atom stereocenters. The number of nitrogens with zero attached hydrogens (tertiary/aromatic N) is 1. The lowest BCUT2D eigenvalue weighted by Gasteiger charge is -2.29. The van der Waals surface area contributed by atoms with Gasteiger partial charge in [0.05, 0.1) is 0 Å². The summed E-state index contributed by atoms with van der Waals surface area (Å²) in [6, 6.07) is 0. The molecule has 0 spiro atoms. The topological polar surface area (TPSA) is 49.4 Å². The average Bonchev–Trinajstić information content (AvgIpc) is 3.31. The van der Waals surface area contributed by atoms with Crippen LogP contribution < -0.4 is 5.32 Å². The second kappa shape index (κ2) is 12.3. The quantitative estimate of drug-likeness (QED) is 0.438. The summed E-state index contributed by atoms with van der Waals surface area (Å²) in [6.07, 6.45) is 7.05. The minimum absolute atomic E-state index is 0.150. The van der Waals surface area contributed by atoms with Crippen molar-refractivity contribution in [2.45, 2.75) is 86.5 Å². The first-order valence-electron chi connectivity index (χ1n) is 12.8. The minimum Gasteiger partial charge on any atom is -0.313 e. The Labute approximate surface area is 210 Å². The van der Waals surface area contributed by atoms with Crippen LogP contribution in [-0.2, 0) is 22.4 Å². The van der Waals surface area contributed by atoms with Gasteiger partial charge in [-0.05, 0) is 81.4 Å². The van der Waals surface area contributed by atoms with E-state index in [1.165, 1.54) is 16.0 Å². The first-order chi connectivity index (χ1) is 16.3. The average molecular weight is 483 g/mol. The molecule has 34 heavy (non-hydrogen) atoms. The van der Waals surface area contributed by atoms with Gasteiger partial charge < -0.3 is 10.2 Å². The highest BCUT2D eigenvalue weighted by molar-refractivity contribution is 7.16. The van der Waals surface area contributed by atoms with Crippen LogP contribution in [0.3, 0.4) is 0 Å². The number of anilines is 1. The number of allylic oxidation sites excluding steroid dienone is 2. The van der Waals surface area contributed by atoms with E-state index in [0.717, 1.165) is 78.9 Å². The predicted octanol–water partition coefficient (Wildman–Crippen LogP) is 7.68. The molecule has 4 nitrogen and oxygen atoms in total. The zero-order valence-electron chi connectivity index (χ0n) is 22.0. The zero-order chi connectivity index (χ0) is 25.6. The molecule has 3 aliphatic rings. The second-order valence-electron chi connectivity index (χ2n) is 8.86. The van der Waals surface area contributed by atoms with E-state index in [1.54, 1.807) is 18.3 Å². The lowest BCUT2D eigenvalue weighted by Crippen LogP contribution is -2.33. The lowest BCUT2D eigenvalue weighted by molar-refractivity contribution is -0.125. The van der Waals surface area contributed by atoms with Crippen LogP contribution in [0.5, 0.6) is 0 Å². The molecule has 2 heterocycles. The van der Waals surface area contributed by atoms with Gasteiger partial charge in [-0.25, -0.2) is 0 Å². The van der Waals surface area contributed by atoms with Crippen LogP contribution in [-0.4, -0.2) is 23.3 Å². The Hall–Kier alpha value is -2.40. The van der Waals surface area contributed by atoms with Gasteiger partial charge >= 0.3 is 0 Å². The molecule has 0 radical (unpaired) electrons. The number of carbonyl (C=O) groups is 2. The maximum Gasteiger partial charge on any atom is 0.254 e. The van der Waals surface area contributed by atoms with Gasteiger partial charge in [0.1, 0.15) is 5.00 Å². The Bertz CT molecular complexity index is 984. The van der Waals surface area contributed by atoms with E-state index in [9.17, 15) is 9.59 Å². The van der Waals surface area contributed by atoms with E-state index < -0.39 is 0 Å². The summed E-state index contributed by atoms with van der Waals surface area (Å²) in [5.41, 5.74) is 6.95. The van der Waals surface area contributed by atoms with Crippen molar-refractivity contribution >= 4 is 33.7 Å². The van der Waals surface area contributed by atoms with Crippen LogP contribution in [0.25, 0.3) is 5.57 Å². The highest BCUT2D eigenvalue weighted by Crippen LogP contribution is 2.44. The molecule has 0 bridgehead atoms. The standard InChI is InChI=1S/C25H30N2O2S.2C2H6/c1-14(2)22-20-12-17(10-11-21(20)30-24(22)26-23(28)15(3)4)13-27-16(5)18-8-6-7-9-19(18)25(27)29;2*1-2/h17H,1,3,5-13H2,2,4H3,(H,26,28);2*1-2H3. The molecular weight excluding hydrogens is 440 g/mol. The number of amides is 2. The normalized spacial score (nSPS) is 18.8. The Morgan fingerprint density at radius 3 is 2.24 bits per heavy atom. The van der Waals surface area contributed by atoms with Crippen molar-refractivity contribution < 1.29 is 9.59 Å². The van der Waals surface area contributed by atoms with Crippen LogP contribution in [0.15, 0.2) is 42.2 Å². The van der Waals surface area contributed by atoms with E-state index in [4.69, 9.17) is 0 Å². The molecule has 0 saturated carbocycles. The van der Waals surface area contributed by atoms with E-state index >= 15 is 0 Å². The van der Waals surface area contributed by atoms with Crippen molar-refractivity contribution in [2.24, 2.45) is 5.92 Å². The third kappa shape index (κ3) is 5.63. The van der Waals surface area contributed by atoms with Crippen molar-refractivity contribution in [3.63, 3.8) is 0 Å². The molecule has 2 amide bonds. The maximum absolute atomic E-state index is 13.0. The van der Waals surface area contributed by atoms with Gasteiger partial charge in [0.15, 0.2) is 0 Å². The predicted molar refractivity (Wildman–Crippen MR) is 147 cm³/mol. The summed E-state index contributed by atoms with van der Waals surface area (Å²) in [6.45, 7) is 24.6. The highest BCUT2D eigenvalue weighted by atomic mass is 32.1. The highest BCUT2D eigenvalue weighted by Gasteiger charge is 2.37. The molecule has 1 aliphatic heterocycles. The van der Waals surface area contributed by atoms with Crippen LogP contribution in [0.4, 0.5) is 5.00 Å². The van der Waals surface area contributed by atoms with E-state index in [2.05, 4.69) is 25.1 Å². The Kier molecular flexibility index (Phi) is 10.1. The van der Waals surface area contributed by atoms with Crippen LogP contribution >= 0.6 is 11.3 Å². The lowest BCUT2D eigenvalue weighted by atomic mass is 9.85. The second-order valence-corrected chi connectivity index (χ2v) is 9.96. The molecule has 0 saturated heterocycles. The summed E-state index contributed by atoms with van der Waals surface area (Å²) in [4.78, 5) is 28.4. The molecule has 186 valence electrons. The number of carbonyl (C=O) groups excluding carboxylic acids is 2. The number of rotatable bonds is 5. The van der Waals surface area contributed by atoms with E-state index in [0.29, 0.717) is 11.5 Å². The monoisotopic (exact) mass is 482 g/mol. The van der Waals surface area contributed by atoms with Gasteiger partial charge in [0, 0.05) is 33.8 Å². The van der Waals surface area contributed by atoms with Crippen molar-refractivity contribution in [1.82, 2.24) is 4.90 Å². The van der Waals surface area contributed by atoms with Gasteiger partial charge in [-0.2, -0.15) is 0 Å². The van der Waals surface area contributed by atoms with Gasteiger partial charge in [0.25, 0.3) is 11.8 Å². The van der Waals surface area contributed by atoms with Gasteiger partial charge in [-0.15, -0.1) is 11.3 Å². The molecule has 1 aromatic rings. The van der Waals surface area contributed by atoms with Gasteiger partial charge in [-0.1, -0.05) is 47.4 Å². The fourth-order valence-corrected chi connectivity index (χ4v) is 6.24. The molecule has 4 rings (SSSR count).